The molecule has 1 aliphatic heterocycles. The summed E-state index contributed by atoms with van der Waals surface area (Å²) in [6, 6.07) is 6.69. The Balaban J connectivity index is 1.46. The summed E-state index contributed by atoms with van der Waals surface area (Å²) in [4.78, 5) is 15.3. The number of aryl methyl sites for hydroxylation is 1. The second kappa shape index (κ2) is 5.38. The molecule has 0 N–H and O–H groups in total. The first-order valence-electron chi connectivity index (χ1n) is 9.40. The van der Waals surface area contributed by atoms with Crippen molar-refractivity contribution in [2.45, 2.75) is 49.9 Å². The minimum absolute atomic E-state index is 0.0626. The van der Waals surface area contributed by atoms with E-state index in [1.165, 1.54) is 6.07 Å². The van der Waals surface area contributed by atoms with Gasteiger partial charge in [-0.1, -0.05) is 24.6 Å². The van der Waals surface area contributed by atoms with Gasteiger partial charge in [-0.25, -0.2) is 4.39 Å². The van der Waals surface area contributed by atoms with Gasteiger partial charge in [-0.2, -0.15) is 0 Å². The maximum atomic E-state index is 14.3. The maximum absolute atomic E-state index is 14.3. The molecule has 26 heavy (non-hydrogen) atoms. The van der Waals surface area contributed by atoms with Gasteiger partial charge >= 0.3 is 0 Å². The molecule has 1 amide bonds. The van der Waals surface area contributed by atoms with Gasteiger partial charge in [0.2, 0.25) is 17.7 Å². The highest BCUT2D eigenvalue weighted by Crippen LogP contribution is 2.54. The van der Waals surface area contributed by atoms with E-state index in [9.17, 15) is 9.18 Å². The molecular weight excluding hydrogens is 333 g/mol. The van der Waals surface area contributed by atoms with Crippen LogP contribution in [0.5, 0.6) is 0 Å². The lowest BCUT2D eigenvalue weighted by Gasteiger charge is -2.27. The number of benzene rings is 1. The molecule has 136 valence electrons. The van der Waals surface area contributed by atoms with Crippen molar-refractivity contribution >= 4 is 5.91 Å². The molecule has 2 atom stereocenters. The number of hydrogen-bond donors (Lipinski definition) is 0. The number of carbonyl (C=O) groups is 1. The third-order valence-corrected chi connectivity index (χ3v) is 6.66. The predicted molar refractivity (Wildman–Crippen MR) is 91.9 cm³/mol. The van der Waals surface area contributed by atoms with Crippen LogP contribution >= 0.6 is 0 Å². The van der Waals surface area contributed by atoms with Crippen molar-refractivity contribution in [3.63, 3.8) is 0 Å². The molecular formula is C20H22FN3O2. The lowest BCUT2D eigenvalue weighted by atomic mass is 9.80. The average molecular weight is 355 g/mol. The standard InChI is InChI=1S/C20H22FN3O2/c1-13-22-23-17(26-13)20-8-4-5-14(20)11-24(12-20)18(25)19(9-10-19)15-6-2-3-7-16(15)21/h2-3,6-7,14H,4-5,8-12H2,1H3/t14-,20-/m0/s1. The number of fused-ring (bicyclic) bond motifs is 1. The van der Waals surface area contributed by atoms with E-state index in [0.717, 1.165) is 32.1 Å². The van der Waals surface area contributed by atoms with Gasteiger partial charge in [-0.3, -0.25) is 4.79 Å². The summed E-state index contributed by atoms with van der Waals surface area (Å²) in [5.74, 6) is 1.37. The fourth-order valence-electron chi connectivity index (χ4n) is 5.17. The van der Waals surface area contributed by atoms with E-state index in [1.807, 2.05) is 11.0 Å². The summed E-state index contributed by atoms with van der Waals surface area (Å²) in [6.07, 6.45) is 4.60. The van der Waals surface area contributed by atoms with Gasteiger partial charge in [0.25, 0.3) is 0 Å². The molecule has 3 fully saturated rings. The van der Waals surface area contributed by atoms with E-state index in [0.29, 0.717) is 36.4 Å². The Morgan fingerprint density at radius 3 is 2.77 bits per heavy atom. The van der Waals surface area contributed by atoms with Crippen LogP contribution in [0.15, 0.2) is 28.7 Å². The maximum Gasteiger partial charge on any atom is 0.233 e. The van der Waals surface area contributed by atoms with Gasteiger partial charge in [0, 0.05) is 25.6 Å². The number of rotatable bonds is 3. The molecule has 0 bridgehead atoms. The SMILES string of the molecule is Cc1nnc([C@]23CCC[C@H]2CN(C(=O)C2(c4ccccc4F)CC2)C3)o1. The lowest BCUT2D eigenvalue weighted by Crippen LogP contribution is -2.40. The Bertz CT molecular complexity index is 875. The Kier molecular flexibility index (Phi) is 3.30. The van der Waals surface area contributed by atoms with Crippen LogP contribution in [-0.2, 0) is 15.6 Å². The zero-order valence-electron chi connectivity index (χ0n) is 14.9. The van der Waals surface area contributed by atoms with Crippen molar-refractivity contribution < 1.29 is 13.6 Å². The minimum Gasteiger partial charge on any atom is -0.425 e. The summed E-state index contributed by atoms with van der Waals surface area (Å²) < 4.78 is 20.1. The Morgan fingerprint density at radius 2 is 2.08 bits per heavy atom. The number of amides is 1. The number of carbonyl (C=O) groups excluding carboxylic acids is 1. The summed E-state index contributed by atoms with van der Waals surface area (Å²) in [5.41, 5.74) is -0.345. The van der Waals surface area contributed by atoms with Crippen molar-refractivity contribution in [1.82, 2.24) is 15.1 Å². The molecule has 0 radical (unpaired) electrons. The highest BCUT2D eigenvalue weighted by atomic mass is 19.1. The van der Waals surface area contributed by atoms with Crippen LogP contribution in [0.1, 0.15) is 49.4 Å². The molecule has 2 aromatic rings. The largest absolute Gasteiger partial charge is 0.425 e. The Labute approximate surface area is 151 Å². The first-order valence-corrected chi connectivity index (χ1v) is 9.40. The van der Waals surface area contributed by atoms with Crippen LogP contribution in [-0.4, -0.2) is 34.1 Å². The molecule has 2 aliphatic carbocycles. The molecule has 5 rings (SSSR count). The van der Waals surface area contributed by atoms with E-state index < -0.39 is 5.41 Å². The second-order valence-electron chi connectivity index (χ2n) is 8.12. The van der Waals surface area contributed by atoms with Crippen molar-refractivity contribution in [3.05, 3.63) is 47.4 Å². The van der Waals surface area contributed by atoms with Crippen LogP contribution < -0.4 is 0 Å². The molecule has 0 unspecified atom stereocenters. The summed E-state index contributed by atoms with van der Waals surface area (Å²) in [7, 11) is 0. The number of hydrogen-bond acceptors (Lipinski definition) is 4. The number of halogens is 1. The fourth-order valence-corrected chi connectivity index (χ4v) is 5.17. The van der Waals surface area contributed by atoms with Crippen LogP contribution in [0.3, 0.4) is 0 Å². The van der Waals surface area contributed by atoms with E-state index in [4.69, 9.17) is 4.42 Å². The molecule has 2 saturated carbocycles. The van der Waals surface area contributed by atoms with Gasteiger partial charge in [0.1, 0.15) is 5.82 Å². The topological polar surface area (TPSA) is 59.2 Å². The van der Waals surface area contributed by atoms with Crippen LogP contribution in [0, 0.1) is 18.7 Å². The predicted octanol–water partition coefficient (Wildman–Crippen LogP) is 3.13. The van der Waals surface area contributed by atoms with E-state index >= 15 is 0 Å². The normalized spacial score (nSPS) is 29.0. The van der Waals surface area contributed by atoms with Gasteiger partial charge in [0.05, 0.1) is 10.8 Å². The van der Waals surface area contributed by atoms with Crippen LogP contribution in [0.4, 0.5) is 4.39 Å². The first-order chi connectivity index (χ1) is 12.6. The van der Waals surface area contributed by atoms with Gasteiger partial charge in [-0.05, 0) is 37.7 Å². The lowest BCUT2D eigenvalue weighted by molar-refractivity contribution is -0.133. The van der Waals surface area contributed by atoms with Crippen LogP contribution in [0.2, 0.25) is 0 Å². The number of aromatic nitrogens is 2. The third kappa shape index (κ3) is 2.10. The molecule has 5 nitrogen and oxygen atoms in total. The summed E-state index contributed by atoms with van der Waals surface area (Å²) >= 11 is 0. The molecule has 0 spiro atoms. The molecule has 3 aliphatic rings. The fraction of sp³-hybridized carbons (Fsp3) is 0.550. The monoisotopic (exact) mass is 355 g/mol. The van der Waals surface area contributed by atoms with Crippen LogP contribution in [0.25, 0.3) is 0 Å². The van der Waals surface area contributed by atoms with Crippen molar-refractivity contribution in [2.24, 2.45) is 5.92 Å². The zero-order valence-corrected chi connectivity index (χ0v) is 14.9. The minimum atomic E-state index is -0.671. The molecule has 6 heteroatoms. The quantitative estimate of drug-likeness (QED) is 0.849. The molecule has 1 aromatic carbocycles. The van der Waals surface area contributed by atoms with Crippen molar-refractivity contribution in [3.8, 4) is 0 Å². The Hall–Kier alpha value is -2.24. The third-order valence-electron chi connectivity index (χ3n) is 6.66. The van der Waals surface area contributed by atoms with Crippen molar-refractivity contribution in [1.29, 1.82) is 0 Å². The number of likely N-dealkylation sites (tertiary alicyclic amines) is 1. The Morgan fingerprint density at radius 1 is 1.27 bits per heavy atom. The van der Waals surface area contributed by atoms with Crippen molar-refractivity contribution in [2.75, 3.05) is 13.1 Å². The molecule has 1 saturated heterocycles. The summed E-state index contributed by atoms with van der Waals surface area (Å²) in [5, 5.41) is 8.30. The van der Waals surface area contributed by atoms with E-state index in [-0.39, 0.29) is 17.1 Å². The first kappa shape index (κ1) is 16.0. The van der Waals surface area contributed by atoms with Gasteiger partial charge in [-0.15, -0.1) is 10.2 Å². The molecule has 2 heterocycles. The summed E-state index contributed by atoms with van der Waals surface area (Å²) in [6.45, 7) is 3.11. The number of nitrogens with zero attached hydrogens (tertiary/aromatic N) is 3. The zero-order chi connectivity index (χ0) is 17.9. The van der Waals surface area contributed by atoms with E-state index in [1.54, 1.807) is 19.1 Å². The average Bonchev–Trinajstić information content (AvgIpc) is 2.95. The van der Waals surface area contributed by atoms with E-state index in [2.05, 4.69) is 10.2 Å². The second-order valence-corrected chi connectivity index (χ2v) is 8.12. The highest BCUT2D eigenvalue weighted by Gasteiger charge is 2.60. The molecule has 1 aromatic heterocycles. The smallest absolute Gasteiger partial charge is 0.233 e. The van der Waals surface area contributed by atoms with Gasteiger partial charge < -0.3 is 9.32 Å². The van der Waals surface area contributed by atoms with Gasteiger partial charge in [0.15, 0.2) is 0 Å². The highest BCUT2D eigenvalue weighted by molar-refractivity contribution is 5.91.